The van der Waals surface area contributed by atoms with Gasteiger partial charge in [-0.2, -0.15) is 0 Å². The van der Waals surface area contributed by atoms with Crippen molar-refractivity contribution in [1.29, 1.82) is 0 Å². The Morgan fingerprint density at radius 1 is 0.319 bits per heavy atom. The molecule has 4 N–H and O–H groups in total. The van der Waals surface area contributed by atoms with E-state index in [1.165, 1.54) is 103 Å². The van der Waals surface area contributed by atoms with Crippen molar-refractivity contribution < 1.29 is 75.8 Å². The number of carbonyl (C=O) groups excluding carboxylic acids is 3. The van der Waals surface area contributed by atoms with Gasteiger partial charge in [0.25, 0.3) is 0 Å². The minimum Gasteiger partial charge on any atom is -0.463 e. The Morgan fingerprint density at radius 2 is 0.593 bits per heavy atom. The summed E-state index contributed by atoms with van der Waals surface area (Å²) in [6.45, 7) is 2.46. The van der Waals surface area contributed by atoms with Crippen LogP contribution >= 0.6 is 15.6 Å². The lowest BCUT2D eigenvalue weighted by Gasteiger charge is -2.21. The smallest absolute Gasteiger partial charge is 0.463 e. The molecule has 0 spiro atoms. The van der Waals surface area contributed by atoms with Gasteiger partial charge in [-0.05, 0) is 103 Å². The maximum absolute atomic E-state index is 12.9. The highest BCUT2D eigenvalue weighted by Gasteiger charge is 2.29. The minimum atomic E-state index is -4.93. The lowest BCUT2D eigenvalue weighted by Crippen LogP contribution is -2.30. The molecule has 91 heavy (non-hydrogen) atoms. The maximum Gasteiger partial charge on any atom is 0.472 e. The molecular formula is C73H126O16P2. The van der Waals surface area contributed by atoms with Gasteiger partial charge in [0.15, 0.2) is 6.10 Å². The third-order valence-electron chi connectivity index (χ3n) is 14.5. The van der Waals surface area contributed by atoms with Crippen molar-refractivity contribution in [1.82, 2.24) is 0 Å². The van der Waals surface area contributed by atoms with Crippen LogP contribution in [0.3, 0.4) is 0 Å². The molecule has 0 rings (SSSR count). The highest BCUT2D eigenvalue weighted by molar-refractivity contribution is 7.47. The maximum atomic E-state index is 12.9. The fourth-order valence-electron chi connectivity index (χ4n) is 9.12. The first-order chi connectivity index (χ1) is 44.2. The first kappa shape index (κ1) is 87.2. The molecule has 0 saturated heterocycles. The summed E-state index contributed by atoms with van der Waals surface area (Å²) in [4.78, 5) is 58.3. The Kier molecular flexibility index (Phi) is 63.5. The van der Waals surface area contributed by atoms with E-state index >= 15 is 0 Å². The number of carbonyl (C=O) groups is 3. The van der Waals surface area contributed by atoms with E-state index in [2.05, 4.69) is 118 Å². The molecule has 0 radical (unpaired) electrons. The Balaban J connectivity index is 4.59. The Bertz CT molecular complexity index is 2100. The molecule has 0 aliphatic heterocycles. The Labute approximate surface area is 551 Å². The van der Waals surface area contributed by atoms with Crippen LogP contribution in [-0.2, 0) is 55.8 Å². The predicted octanol–water partition coefficient (Wildman–Crippen LogP) is 19.6. The summed E-state index contributed by atoms with van der Waals surface area (Å²) in [5.41, 5.74) is 0. The first-order valence-electron chi connectivity index (χ1n) is 35.2. The summed E-state index contributed by atoms with van der Waals surface area (Å²) in [7, 11) is -9.79. The molecule has 5 unspecified atom stereocenters. The van der Waals surface area contributed by atoms with E-state index in [-0.39, 0.29) is 19.3 Å². The van der Waals surface area contributed by atoms with Crippen LogP contribution in [0.5, 0.6) is 0 Å². The lowest BCUT2D eigenvalue weighted by atomic mass is 10.0. The van der Waals surface area contributed by atoms with Crippen LogP contribution in [0.25, 0.3) is 0 Å². The predicted molar refractivity (Wildman–Crippen MR) is 371 cm³/mol. The van der Waals surface area contributed by atoms with Gasteiger partial charge in [-0.3, -0.25) is 32.5 Å². The summed E-state index contributed by atoms with van der Waals surface area (Å²) in [6, 6.07) is 0. The molecule has 0 aromatic carbocycles. The normalized spacial score (nSPS) is 14.8. The van der Waals surface area contributed by atoms with Gasteiger partial charge in [0, 0.05) is 19.3 Å². The van der Waals surface area contributed by atoms with Crippen molar-refractivity contribution in [3.05, 3.63) is 109 Å². The van der Waals surface area contributed by atoms with Crippen molar-refractivity contribution in [2.45, 2.75) is 296 Å². The molecule has 0 amide bonds. The fourth-order valence-corrected chi connectivity index (χ4v) is 10.7. The largest absolute Gasteiger partial charge is 0.472 e. The zero-order valence-electron chi connectivity index (χ0n) is 56.7. The van der Waals surface area contributed by atoms with Gasteiger partial charge in [-0.15, -0.1) is 0 Å². The van der Waals surface area contributed by atoms with Gasteiger partial charge in [-0.25, -0.2) is 9.13 Å². The number of allylic oxidation sites excluding steroid dienone is 18. The summed E-state index contributed by atoms with van der Waals surface area (Å²) in [5, 5.41) is 20.6. The SMILES string of the molecule is CC/C=C\C/C=C\C/C=C\C/C=C\C/C=C\CCCC(=O)OCC(COP(=O)(O)OCC(O)COP(=O)(O)OCC(O)COC(=O)CCCCCCCCCCC/C=C\C/C=C\C/C=C\C/C=C\CCCCC)OC(=O)CCCCCCCCCCCCCCC. The summed E-state index contributed by atoms with van der Waals surface area (Å²) >= 11 is 0. The second-order valence-electron chi connectivity index (χ2n) is 23.3. The van der Waals surface area contributed by atoms with Crippen LogP contribution in [0.15, 0.2) is 109 Å². The zero-order valence-corrected chi connectivity index (χ0v) is 58.5. The number of esters is 3. The molecule has 5 atom stereocenters. The quantitative estimate of drug-likeness (QED) is 0.0146. The number of aliphatic hydroxyl groups is 2. The van der Waals surface area contributed by atoms with Gasteiger partial charge < -0.3 is 34.2 Å². The monoisotopic (exact) mass is 1320 g/mol. The number of phosphoric ester groups is 2. The van der Waals surface area contributed by atoms with Crippen LogP contribution in [0, 0.1) is 0 Å². The average molecular weight is 1320 g/mol. The molecule has 18 heteroatoms. The molecule has 0 heterocycles. The Morgan fingerprint density at radius 3 is 0.989 bits per heavy atom. The standard InChI is InChI=1S/C73H126O16P2/c1-4-7-10-13-16-19-22-25-27-29-30-31-32-33-34-35-36-38-40-42-44-47-50-53-56-59-71(76)83-62-68(74)63-85-90(79,80)86-64-69(75)65-87-91(81,82)88-67-70(89-73(78)61-58-55-52-49-46-41-24-21-18-15-12-9-6-3)66-84-72(77)60-57-54-51-48-45-43-39-37-28-26-23-20-17-14-11-8-5-2/h8,11,16-17,19-20,25-28,30-31,33-34,39,43,48,51,68-70,74-75H,4-7,9-10,12-15,18,21-24,29,32,35-38,40-42,44-47,49-50,52-67H2,1-3H3,(H,79,80)(H,81,82)/b11-8-,19-16-,20-17-,27-25-,28-26-,31-30-,34-33-,43-39-,51-48-. The first-order valence-corrected chi connectivity index (χ1v) is 38.2. The van der Waals surface area contributed by atoms with E-state index in [0.717, 1.165) is 109 Å². The third kappa shape index (κ3) is 67.4. The summed E-state index contributed by atoms with van der Waals surface area (Å²) < 4.78 is 60.8. The molecule has 0 aliphatic rings. The minimum absolute atomic E-state index is 0.0922. The number of aliphatic hydroxyl groups excluding tert-OH is 2. The number of hydrogen-bond acceptors (Lipinski definition) is 14. The van der Waals surface area contributed by atoms with Gasteiger partial charge in [0.05, 0.1) is 26.4 Å². The highest BCUT2D eigenvalue weighted by Crippen LogP contribution is 2.45. The number of unbranched alkanes of at least 4 members (excludes halogenated alkanes) is 25. The van der Waals surface area contributed by atoms with Crippen LogP contribution < -0.4 is 0 Å². The zero-order chi connectivity index (χ0) is 66.7. The van der Waals surface area contributed by atoms with E-state index in [1.54, 1.807) is 0 Å². The number of phosphoric acid groups is 2. The summed E-state index contributed by atoms with van der Waals surface area (Å²) in [6.07, 6.45) is 74.4. The van der Waals surface area contributed by atoms with E-state index < -0.39 is 91.5 Å². The van der Waals surface area contributed by atoms with Crippen molar-refractivity contribution in [2.75, 3.05) is 39.6 Å². The van der Waals surface area contributed by atoms with Crippen molar-refractivity contribution >= 4 is 33.6 Å². The van der Waals surface area contributed by atoms with E-state index in [0.29, 0.717) is 25.7 Å². The second kappa shape index (κ2) is 66.2. The van der Waals surface area contributed by atoms with E-state index in [4.69, 9.17) is 32.3 Å². The van der Waals surface area contributed by atoms with Crippen LogP contribution in [0.4, 0.5) is 0 Å². The van der Waals surface area contributed by atoms with Gasteiger partial charge in [0.2, 0.25) is 0 Å². The van der Waals surface area contributed by atoms with Crippen molar-refractivity contribution in [3.63, 3.8) is 0 Å². The molecule has 0 fully saturated rings. The average Bonchev–Trinajstić information content (AvgIpc) is 3.75. The molecule has 0 bridgehead atoms. The van der Waals surface area contributed by atoms with Crippen molar-refractivity contribution in [3.8, 4) is 0 Å². The molecular weight excluding hydrogens is 1190 g/mol. The van der Waals surface area contributed by atoms with E-state index in [9.17, 15) is 43.5 Å². The van der Waals surface area contributed by atoms with Gasteiger partial charge in [-0.1, -0.05) is 265 Å². The fraction of sp³-hybridized carbons (Fsp3) is 0.712. The molecule has 16 nitrogen and oxygen atoms in total. The number of ether oxygens (including phenoxy) is 3. The molecule has 524 valence electrons. The molecule has 0 aromatic rings. The molecule has 0 aromatic heterocycles. The molecule has 0 saturated carbocycles. The molecule has 0 aliphatic carbocycles. The topological polar surface area (TPSA) is 231 Å². The van der Waals surface area contributed by atoms with Crippen LogP contribution in [-0.4, -0.2) is 95.9 Å². The highest BCUT2D eigenvalue weighted by atomic mass is 31.2. The van der Waals surface area contributed by atoms with Crippen molar-refractivity contribution in [2.24, 2.45) is 0 Å². The van der Waals surface area contributed by atoms with Crippen LogP contribution in [0.2, 0.25) is 0 Å². The second-order valence-corrected chi connectivity index (χ2v) is 26.2. The summed E-state index contributed by atoms with van der Waals surface area (Å²) in [5.74, 6) is -1.65. The van der Waals surface area contributed by atoms with Crippen LogP contribution in [0.1, 0.15) is 278 Å². The number of rotatable bonds is 66. The van der Waals surface area contributed by atoms with E-state index in [1.807, 2.05) is 12.2 Å². The lowest BCUT2D eigenvalue weighted by molar-refractivity contribution is -0.161. The van der Waals surface area contributed by atoms with Gasteiger partial charge >= 0.3 is 33.6 Å². The Hall–Kier alpha value is -3.79. The van der Waals surface area contributed by atoms with Gasteiger partial charge in [0.1, 0.15) is 25.4 Å². The number of hydrogen-bond donors (Lipinski definition) is 4. The third-order valence-corrected chi connectivity index (χ3v) is 16.4.